The Morgan fingerprint density at radius 3 is 2.64 bits per heavy atom. The molecule has 1 aromatic carbocycles. The van der Waals surface area contributed by atoms with Gasteiger partial charge >= 0.3 is 5.97 Å². The molecule has 0 amide bonds. The minimum Gasteiger partial charge on any atom is -0.495 e. The van der Waals surface area contributed by atoms with Crippen LogP contribution < -0.4 is 10.3 Å². The fraction of sp³-hybridized carbons (Fsp3) is 0.458. The van der Waals surface area contributed by atoms with E-state index >= 15 is 0 Å². The molecule has 1 aromatic heterocycles. The number of benzene rings is 1. The molecule has 3 unspecified atom stereocenters. The summed E-state index contributed by atoms with van der Waals surface area (Å²) in [6, 6.07) is 6.67. The van der Waals surface area contributed by atoms with Crippen molar-refractivity contribution in [1.29, 1.82) is 5.26 Å². The highest BCUT2D eigenvalue weighted by Crippen LogP contribution is 2.34. The summed E-state index contributed by atoms with van der Waals surface area (Å²) in [6.07, 6.45) is 0.714. The Kier molecular flexibility index (Phi) is 7.48. The maximum atomic E-state index is 13.2. The van der Waals surface area contributed by atoms with E-state index in [1.165, 1.54) is 19.4 Å². The highest BCUT2D eigenvalue weighted by molar-refractivity contribution is 6.31. The van der Waals surface area contributed by atoms with E-state index in [0.29, 0.717) is 34.7 Å². The van der Waals surface area contributed by atoms with Crippen molar-refractivity contribution in [3.63, 3.8) is 0 Å². The van der Waals surface area contributed by atoms with Gasteiger partial charge in [-0.3, -0.25) is 9.36 Å². The Hall–Kier alpha value is -2.86. The van der Waals surface area contributed by atoms with Crippen LogP contribution in [0.15, 0.2) is 35.3 Å². The molecule has 0 aliphatic carbocycles. The van der Waals surface area contributed by atoms with Gasteiger partial charge in [-0.25, -0.2) is 4.79 Å². The van der Waals surface area contributed by atoms with Crippen LogP contribution in [0.1, 0.15) is 45.2 Å². The minimum atomic E-state index is -1.35. The maximum Gasteiger partial charge on any atom is 0.332 e. The number of nitriles is 1. The molecule has 1 aliphatic rings. The lowest BCUT2D eigenvalue weighted by Gasteiger charge is -2.30. The van der Waals surface area contributed by atoms with Crippen LogP contribution in [0.5, 0.6) is 5.75 Å². The summed E-state index contributed by atoms with van der Waals surface area (Å²) in [7, 11) is 1.41. The molecule has 1 N–H and O–H groups in total. The van der Waals surface area contributed by atoms with Gasteiger partial charge in [-0.2, -0.15) is 5.26 Å². The van der Waals surface area contributed by atoms with Gasteiger partial charge in [0.25, 0.3) is 5.56 Å². The number of esters is 1. The van der Waals surface area contributed by atoms with Crippen LogP contribution in [-0.4, -0.2) is 47.2 Å². The van der Waals surface area contributed by atoms with Crippen molar-refractivity contribution >= 4 is 17.6 Å². The van der Waals surface area contributed by atoms with Crippen LogP contribution in [0.2, 0.25) is 5.02 Å². The van der Waals surface area contributed by atoms with E-state index in [4.69, 9.17) is 25.8 Å². The van der Waals surface area contributed by atoms with Gasteiger partial charge in [0.1, 0.15) is 17.5 Å². The van der Waals surface area contributed by atoms with Gasteiger partial charge in [-0.05, 0) is 51.8 Å². The van der Waals surface area contributed by atoms with Crippen molar-refractivity contribution in [1.82, 2.24) is 4.57 Å². The van der Waals surface area contributed by atoms with Crippen LogP contribution in [0.25, 0.3) is 11.1 Å². The topological polar surface area (TPSA) is 111 Å². The number of nitrogens with zero attached hydrogens (tertiary/aromatic N) is 2. The first-order valence-corrected chi connectivity index (χ1v) is 11.0. The summed E-state index contributed by atoms with van der Waals surface area (Å²) in [5.41, 5.74) is -0.353. The van der Waals surface area contributed by atoms with Crippen molar-refractivity contribution in [2.24, 2.45) is 0 Å². The first-order valence-electron chi connectivity index (χ1n) is 10.6. The van der Waals surface area contributed by atoms with Crippen LogP contribution >= 0.6 is 11.6 Å². The average Bonchev–Trinajstić information content (AvgIpc) is 3.28. The second kappa shape index (κ2) is 9.96. The zero-order valence-electron chi connectivity index (χ0n) is 19.0. The van der Waals surface area contributed by atoms with Gasteiger partial charge in [-0.15, -0.1) is 0 Å². The van der Waals surface area contributed by atoms with E-state index in [2.05, 4.69) is 6.07 Å². The first kappa shape index (κ1) is 24.8. The Morgan fingerprint density at radius 1 is 1.33 bits per heavy atom. The lowest BCUT2D eigenvalue weighted by molar-refractivity contribution is -0.166. The van der Waals surface area contributed by atoms with E-state index in [1.807, 2.05) is 0 Å². The number of halogens is 1. The molecular formula is C24H27ClN2O6. The van der Waals surface area contributed by atoms with Crippen LogP contribution in [0.4, 0.5) is 0 Å². The van der Waals surface area contributed by atoms with E-state index in [1.54, 1.807) is 39.0 Å². The molecule has 2 heterocycles. The summed E-state index contributed by atoms with van der Waals surface area (Å²) in [5, 5.41) is 20.9. The van der Waals surface area contributed by atoms with Gasteiger partial charge in [0.05, 0.1) is 31.0 Å². The number of pyridine rings is 1. The molecule has 9 heteroatoms. The normalized spacial score (nSPS) is 17.8. The number of rotatable bonds is 6. The second-order valence-electron chi connectivity index (χ2n) is 8.82. The highest BCUT2D eigenvalue weighted by Gasteiger charge is 2.40. The zero-order valence-corrected chi connectivity index (χ0v) is 19.8. The smallest absolute Gasteiger partial charge is 0.332 e. The summed E-state index contributed by atoms with van der Waals surface area (Å²) < 4.78 is 17.7. The molecule has 33 heavy (non-hydrogen) atoms. The van der Waals surface area contributed by atoms with Gasteiger partial charge < -0.3 is 19.3 Å². The number of carbonyl (C=O) groups is 1. The molecule has 3 atom stereocenters. The third-order valence-electron chi connectivity index (χ3n) is 5.27. The molecule has 176 valence electrons. The SMILES string of the molecule is COc1cn(C(C(=O)OC(C)(C)C)C(O)C2CCCO2)c(=O)cc1-c1cc(Cl)ccc1C#N. The summed E-state index contributed by atoms with van der Waals surface area (Å²) in [4.78, 5) is 26.3. The van der Waals surface area contributed by atoms with Crippen molar-refractivity contribution in [3.05, 3.63) is 51.4 Å². The van der Waals surface area contributed by atoms with Crippen molar-refractivity contribution in [2.75, 3.05) is 13.7 Å². The molecule has 0 spiro atoms. The predicted molar refractivity (Wildman–Crippen MR) is 122 cm³/mol. The lowest BCUT2D eigenvalue weighted by atomic mass is 9.99. The Bertz CT molecular complexity index is 1130. The highest BCUT2D eigenvalue weighted by atomic mass is 35.5. The molecule has 1 aliphatic heterocycles. The number of hydrogen-bond donors (Lipinski definition) is 1. The lowest BCUT2D eigenvalue weighted by Crippen LogP contribution is -2.45. The fourth-order valence-corrected chi connectivity index (χ4v) is 3.98. The molecule has 8 nitrogen and oxygen atoms in total. The van der Waals surface area contributed by atoms with E-state index in [9.17, 15) is 20.0 Å². The van der Waals surface area contributed by atoms with Crippen molar-refractivity contribution in [2.45, 2.75) is 57.5 Å². The number of hydrogen-bond acceptors (Lipinski definition) is 7. The molecule has 1 saturated heterocycles. The fourth-order valence-electron chi connectivity index (χ4n) is 3.81. The predicted octanol–water partition coefficient (Wildman–Crippen LogP) is 3.47. The number of aliphatic hydroxyl groups excluding tert-OH is 1. The number of carbonyl (C=O) groups excluding carboxylic acids is 1. The third-order valence-corrected chi connectivity index (χ3v) is 5.51. The number of ether oxygens (including phenoxy) is 3. The Morgan fingerprint density at radius 2 is 2.06 bits per heavy atom. The van der Waals surface area contributed by atoms with Crippen molar-refractivity contribution < 1.29 is 24.1 Å². The summed E-state index contributed by atoms with van der Waals surface area (Å²) >= 11 is 6.12. The average molecular weight is 475 g/mol. The van der Waals surface area contributed by atoms with E-state index < -0.39 is 35.4 Å². The number of methoxy groups -OCH3 is 1. The van der Waals surface area contributed by atoms with E-state index in [-0.39, 0.29) is 5.75 Å². The number of aliphatic hydroxyl groups is 1. The Balaban J connectivity index is 2.15. The monoisotopic (exact) mass is 474 g/mol. The molecule has 3 rings (SSSR count). The molecule has 1 fully saturated rings. The number of aromatic nitrogens is 1. The van der Waals surface area contributed by atoms with Gasteiger partial charge in [0, 0.05) is 28.8 Å². The third kappa shape index (κ3) is 5.56. The minimum absolute atomic E-state index is 0.224. The zero-order chi connectivity index (χ0) is 24.3. The second-order valence-corrected chi connectivity index (χ2v) is 9.26. The molecule has 0 bridgehead atoms. The van der Waals surface area contributed by atoms with Crippen LogP contribution in [0.3, 0.4) is 0 Å². The molecule has 0 radical (unpaired) electrons. The van der Waals surface area contributed by atoms with Crippen LogP contribution in [-0.2, 0) is 14.3 Å². The van der Waals surface area contributed by atoms with Crippen molar-refractivity contribution in [3.8, 4) is 22.9 Å². The molecular weight excluding hydrogens is 448 g/mol. The summed E-state index contributed by atoms with van der Waals surface area (Å²) in [6.45, 7) is 5.58. The molecule has 2 aromatic rings. The maximum absolute atomic E-state index is 13.2. The van der Waals surface area contributed by atoms with Gasteiger partial charge in [0.15, 0.2) is 6.04 Å². The molecule has 0 saturated carbocycles. The van der Waals surface area contributed by atoms with Gasteiger partial charge in [-0.1, -0.05) is 11.6 Å². The Labute approximate surface area is 197 Å². The van der Waals surface area contributed by atoms with Crippen LogP contribution in [0, 0.1) is 11.3 Å². The standard InChI is InChI=1S/C24H27ClN2O6/c1-24(2,3)33-23(30)21(22(29)18-6-5-9-32-18)27-13-19(31-4)17(11-20(27)28)16-10-15(25)8-7-14(16)12-26/h7-8,10-11,13,18,21-22,29H,5-6,9H2,1-4H3. The van der Waals surface area contributed by atoms with E-state index in [0.717, 1.165) is 11.0 Å². The quantitative estimate of drug-likeness (QED) is 0.638. The largest absolute Gasteiger partial charge is 0.495 e. The first-order chi connectivity index (χ1) is 15.6. The summed E-state index contributed by atoms with van der Waals surface area (Å²) in [5.74, 6) is -0.538. The van der Waals surface area contributed by atoms with Gasteiger partial charge in [0.2, 0.25) is 0 Å².